The lowest BCUT2D eigenvalue weighted by Crippen LogP contribution is -2.33. The standard InChI is InChI=1S/C18H21N3O3/c1-3-15-17(11(2)21-24-15)20-16(22)10-19-18(23)14-8-7-12-5-4-6-13(12)9-14/h7-9H,3-6,10H2,1-2H3,(H,19,23)(H,20,22). The number of nitrogens with zero attached hydrogens (tertiary/aromatic N) is 1. The molecule has 24 heavy (non-hydrogen) atoms. The maximum absolute atomic E-state index is 12.2. The second kappa shape index (κ2) is 6.86. The smallest absolute Gasteiger partial charge is 0.251 e. The highest BCUT2D eigenvalue weighted by Gasteiger charge is 2.16. The third kappa shape index (κ3) is 3.32. The van der Waals surface area contributed by atoms with Gasteiger partial charge in [-0.2, -0.15) is 0 Å². The Morgan fingerprint density at radius 3 is 2.83 bits per heavy atom. The molecule has 0 radical (unpaired) electrons. The van der Waals surface area contributed by atoms with Crippen molar-refractivity contribution in [3.63, 3.8) is 0 Å². The lowest BCUT2D eigenvalue weighted by Gasteiger charge is -2.08. The third-order valence-electron chi connectivity index (χ3n) is 4.29. The minimum Gasteiger partial charge on any atom is -0.359 e. The first-order valence-electron chi connectivity index (χ1n) is 8.23. The second-order valence-corrected chi connectivity index (χ2v) is 5.99. The molecule has 1 heterocycles. The number of aromatic nitrogens is 1. The third-order valence-corrected chi connectivity index (χ3v) is 4.29. The van der Waals surface area contributed by atoms with Gasteiger partial charge in [0.2, 0.25) is 5.91 Å². The van der Waals surface area contributed by atoms with Gasteiger partial charge in [0.15, 0.2) is 5.76 Å². The first-order chi connectivity index (χ1) is 11.6. The molecule has 2 N–H and O–H groups in total. The van der Waals surface area contributed by atoms with Crippen LogP contribution in [0.15, 0.2) is 22.7 Å². The van der Waals surface area contributed by atoms with E-state index in [9.17, 15) is 9.59 Å². The Balaban J connectivity index is 1.58. The van der Waals surface area contributed by atoms with Crippen LogP contribution in [0.3, 0.4) is 0 Å². The van der Waals surface area contributed by atoms with Crippen LogP contribution in [0, 0.1) is 6.92 Å². The van der Waals surface area contributed by atoms with Gasteiger partial charge in [0.05, 0.1) is 6.54 Å². The highest BCUT2D eigenvalue weighted by Crippen LogP contribution is 2.23. The number of carbonyl (C=O) groups excluding carboxylic acids is 2. The van der Waals surface area contributed by atoms with E-state index in [0.717, 1.165) is 19.3 Å². The molecule has 1 aromatic carbocycles. The molecule has 126 valence electrons. The molecule has 6 heteroatoms. The maximum Gasteiger partial charge on any atom is 0.251 e. The Bertz CT molecular complexity index is 780. The van der Waals surface area contributed by atoms with Crippen LogP contribution in [0.2, 0.25) is 0 Å². The molecule has 0 unspecified atom stereocenters. The number of nitrogens with one attached hydrogen (secondary N) is 2. The normalized spacial score (nSPS) is 12.8. The number of fused-ring (bicyclic) bond motifs is 1. The highest BCUT2D eigenvalue weighted by molar-refractivity contribution is 5.99. The lowest BCUT2D eigenvalue weighted by molar-refractivity contribution is -0.115. The van der Waals surface area contributed by atoms with E-state index >= 15 is 0 Å². The van der Waals surface area contributed by atoms with Crippen LogP contribution < -0.4 is 10.6 Å². The maximum atomic E-state index is 12.2. The minimum absolute atomic E-state index is 0.0936. The molecular weight excluding hydrogens is 306 g/mol. The summed E-state index contributed by atoms with van der Waals surface area (Å²) >= 11 is 0. The van der Waals surface area contributed by atoms with Crippen LogP contribution in [0.4, 0.5) is 5.69 Å². The molecule has 3 rings (SSSR count). The van der Waals surface area contributed by atoms with Gasteiger partial charge < -0.3 is 15.2 Å². The molecule has 0 fully saturated rings. The van der Waals surface area contributed by atoms with Gasteiger partial charge in [0, 0.05) is 12.0 Å². The molecule has 0 saturated carbocycles. The van der Waals surface area contributed by atoms with Crippen molar-refractivity contribution in [2.45, 2.75) is 39.5 Å². The summed E-state index contributed by atoms with van der Waals surface area (Å²) in [6, 6.07) is 5.75. The Morgan fingerprint density at radius 2 is 2.04 bits per heavy atom. The summed E-state index contributed by atoms with van der Waals surface area (Å²) in [5.41, 5.74) is 4.37. The number of amides is 2. The van der Waals surface area contributed by atoms with Gasteiger partial charge in [-0.3, -0.25) is 9.59 Å². The van der Waals surface area contributed by atoms with E-state index in [1.165, 1.54) is 11.1 Å². The number of hydrogen-bond acceptors (Lipinski definition) is 4. The van der Waals surface area contributed by atoms with Crippen LogP contribution in [0.1, 0.15) is 46.3 Å². The van der Waals surface area contributed by atoms with E-state index in [2.05, 4.69) is 15.8 Å². The summed E-state index contributed by atoms with van der Waals surface area (Å²) in [5, 5.41) is 9.25. The summed E-state index contributed by atoms with van der Waals surface area (Å²) in [6.45, 7) is 3.59. The van der Waals surface area contributed by atoms with Crippen molar-refractivity contribution in [2.75, 3.05) is 11.9 Å². The predicted molar refractivity (Wildman–Crippen MR) is 90.0 cm³/mol. The van der Waals surface area contributed by atoms with Crippen LogP contribution in [-0.2, 0) is 24.1 Å². The van der Waals surface area contributed by atoms with E-state index in [0.29, 0.717) is 29.1 Å². The Morgan fingerprint density at radius 1 is 1.25 bits per heavy atom. The van der Waals surface area contributed by atoms with Gasteiger partial charge >= 0.3 is 0 Å². The molecule has 0 saturated heterocycles. The molecule has 1 aliphatic carbocycles. The van der Waals surface area contributed by atoms with Crippen molar-refractivity contribution in [1.29, 1.82) is 0 Å². The molecule has 1 aromatic heterocycles. The molecule has 2 amide bonds. The summed E-state index contributed by atoms with van der Waals surface area (Å²) in [4.78, 5) is 24.3. The summed E-state index contributed by atoms with van der Waals surface area (Å²) in [7, 11) is 0. The minimum atomic E-state index is -0.300. The van der Waals surface area contributed by atoms with Gasteiger partial charge in [-0.15, -0.1) is 0 Å². The fourth-order valence-corrected chi connectivity index (χ4v) is 2.98. The number of carbonyl (C=O) groups is 2. The zero-order valence-electron chi connectivity index (χ0n) is 13.9. The van der Waals surface area contributed by atoms with E-state index in [1.807, 2.05) is 25.1 Å². The van der Waals surface area contributed by atoms with Crippen molar-refractivity contribution in [3.8, 4) is 0 Å². The summed E-state index contributed by atoms with van der Waals surface area (Å²) in [5.74, 6) is 0.0916. The zero-order valence-corrected chi connectivity index (χ0v) is 13.9. The highest BCUT2D eigenvalue weighted by atomic mass is 16.5. The van der Waals surface area contributed by atoms with E-state index in [4.69, 9.17) is 4.52 Å². The van der Waals surface area contributed by atoms with Crippen molar-refractivity contribution >= 4 is 17.5 Å². The fraction of sp³-hybridized carbons (Fsp3) is 0.389. The van der Waals surface area contributed by atoms with Crippen LogP contribution in [0.25, 0.3) is 0 Å². The van der Waals surface area contributed by atoms with Gasteiger partial charge in [0.1, 0.15) is 11.4 Å². The second-order valence-electron chi connectivity index (χ2n) is 5.99. The monoisotopic (exact) mass is 327 g/mol. The molecule has 0 spiro atoms. The molecule has 1 aliphatic rings. The van der Waals surface area contributed by atoms with Crippen molar-refractivity contribution in [3.05, 3.63) is 46.3 Å². The summed E-state index contributed by atoms with van der Waals surface area (Å²) in [6.07, 6.45) is 3.87. The quantitative estimate of drug-likeness (QED) is 0.883. The van der Waals surface area contributed by atoms with Crippen LogP contribution in [-0.4, -0.2) is 23.5 Å². The molecule has 0 aliphatic heterocycles. The molecular formula is C18H21N3O3. The topological polar surface area (TPSA) is 84.2 Å². The molecule has 0 bridgehead atoms. The molecule has 6 nitrogen and oxygen atoms in total. The Labute approximate surface area is 140 Å². The average molecular weight is 327 g/mol. The number of hydrogen-bond donors (Lipinski definition) is 2. The zero-order chi connectivity index (χ0) is 17.1. The van der Waals surface area contributed by atoms with E-state index in [-0.39, 0.29) is 18.4 Å². The summed E-state index contributed by atoms with van der Waals surface area (Å²) < 4.78 is 5.13. The lowest BCUT2D eigenvalue weighted by atomic mass is 10.1. The number of rotatable bonds is 5. The van der Waals surface area contributed by atoms with Gasteiger partial charge in [-0.25, -0.2) is 0 Å². The molecule has 0 atom stereocenters. The average Bonchev–Trinajstić information content (AvgIpc) is 3.19. The first kappa shape index (κ1) is 16.2. The van der Waals surface area contributed by atoms with Crippen molar-refractivity contribution in [1.82, 2.24) is 10.5 Å². The van der Waals surface area contributed by atoms with Crippen LogP contribution in [0.5, 0.6) is 0 Å². The van der Waals surface area contributed by atoms with Crippen molar-refractivity contribution < 1.29 is 14.1 Å². The van der Waals surface area contributed by atoms with Crippen molar-refractivity contribution in [2.24, 2.45) is 0 Å². The van der Waals surface area contributed by atoms with Gasteiger partial charge in [-0.1, -0.05) is 18.1 Å². The predicted octanol–water partition coefficient (Wildman–Crippen LogP) is 2.40. The van der Waals surface area contributed by atoms with Gasteiger partial charge in [-0.05, 0) is 49.4 Å². The number of aryl methyl sites for hydroxylation is 4. The van der Waals surface area contributed by atoms with E-state index in [1.54, 1.807) is 6.92 Å². The fourth-order valence-electron chi connectivity index (χ4n) is 2.98. The number of benzene rings is 1. The number of anilines is 1. The first-order valence-corrected chi connectivity index (χ1v) is 8.23. The Hall–Kier alpha value is -2.63. The van der Waals surface area contributed by atoms with Gasteiger partial charge in [0.25, 0.3) is 5.91 Å². The van der Waals surface area contributed by atoms with Crippen LogP contribution >= 0.6 is 0 Å². The van der Waals surface area contributed by atoms with E-state index < -0.39 is 0 Å². The SMILES string of the molecule is CCc1onc(C)c1NC(=O)CNC(=O)c1ccc2c(c1)CCC2. The molecule has 2 aromatic rings. The Kier molecular flexibility index (Phi) is 4.64. The largest absolute Gasteiger partial charge is 0.359 e.